The minimum atomic E-state index is -3.52. The van der Waals surface area contributed by atoms with Gasteiger partial charge < -0.3 is 9.84 Å². The molecule has 1 N–H and O–H groups in total. The Morgan fingerprint density at radius 2 is 2.00 bits per heavy atom. The van der Waals surface area contributed by atoms with Crippen molar-refractivity contribution in [3.05, 3.63) is 11.5 Å². The molecular weight excluding hydrogens is 280 g/mol. The Labute approximate surface area is 120 Å². The van der Waals surface area contributed by atoms with Crippen LogP contribution in [-0.4, -0.2) is 69.1 Å². The summed E-state index contributed by atoms with van der Waals surface area (Å²) in [6.07, 6.45) is 0. The van der Waals surface area contributed by atoms with Crippen molar-refractivity contribution in [3.8, 4) is 0 Å². The maximum atomic E-state index is 12.5. The number of rotatable bonds is 5. The maximum Gasteiger partial charge on any atom is 0.248 e. The highest BCUT2D eigenvalue weighted by Gasteiger charge is 2.28. The van der Waals surface area contributed by atoms with Gasteiger partial charge in [-0.25, -0.2) is 8.42 Å². The standard InChI is InChI=1S/C12H22N4O3S/c1-10-12(11(2)19-14-10)20(17,18)15(3)8-9-16-6-4-13-5-7-16/h13H,4-9H2,1-3H3. The number of hydrogen-bond donors (Lipinski definition) is 1. The second-order valence-electron chi connectivity index (χ2n) is 5.07. The summed E-state index contributed by atoms with van der Waals surface area (Å²) < 4.78 is 31.3. The summed E-state index contributed by atoms with van der Waals surface area (Å²) in [7, 11) is -1.92. The maximum absolute atomic E-state index is 12.5. The van der Waals surface area contributed by atoms with Gasteiger partial charge in [-0.2, -0.15) is 4.31 Å². The molecule has 7 nitrogen and oxygen atoms in total. The number of nitrogens with zero attached hydrogens (tertiary/aromatic N) is 3. The first-order valence-electron chi connectivity index (χ1n) is 6.75. The van der Waals surface area contributed by atoms with Crippen molar-refractivity contribution < 1.29 is 12.9 Å². The number of hydrogen-bond acceptors (Lipinski definition) is 6. The van der Waals surface area contributed by atoms with Crippen LogP contribution in [-0.2, 0) is 10.0 Å². The first-order chi connectivity index (χ1) is 9.43. The molecule has 20 heavy (non-hydrogen) atoms. The first-order valence-corrected chi connectivity index (χ1v) is 8.19. The highest BCUT2D eigenvalue weighted by Crippen LogP contribution is 2.22. The number of piperazine rings is 1. The largest absolute Gasteiger partial charge is 0.360 e. The van der Waals surface area contributed by atoms with E-state index in [1.54, 1.807) is 20.9 Å². The van der Waals surface area contributed by atoms with E-state index in [0.29, 0.717) is 18.0 Å². The van der Waals surface area contributed by atoms with Crippen LogP contribution in [0.5, 0.6) is 0 Å². The number of likely N-dealkylation sites (N-methyl/N-ethyl adjacent to an activating group) is 1. The fourth-order valence-electron chi connectivity index (χ4n) is 2.34. The van der Waals surface area contributed by atoms with Gasteiger partial charge in [0.05, 0.1) is 0 Å². The summed E-state index contributed by atoms with van der Waals surface area (Å²) in [5.41, 5.74) is 0.413. The highest BCUT2D eigenvalue weighted by molar-refractivity contribution is 7.89. The molecule has 1 aromatic rings. The molecule has 0 radical (unpaired) electrons. The van der Waals surface area contributed by atoms with Crippen LogP contribution in [0.15, 0.2) is 9.42 Å². The SMILES string of the molecule is Cc1noc(C)c1S(=O)(=O)N(C)CCN1CCNCC1. The van der Waals surface area contributed by atoms with Gasteiger partial charge in [0, 0.05) is 46.3 Å². The molecule has 0 bridgehead atoms. The van der Waals surface area contributed by atoms with E-state index in [2.05, 4.69) is 15.4 Å². The van der Waals surface area contributed by atoms with Crippen molar-refractivity contribution in [2.45, 2.75) is 18.7 Å². The molecule has 8 heteroatoms. The molecule has 0 aromatic carbocycles. The fourth-order valence-corrected chi connectivity index (χ4v) is 3.78. The van der Waals surface area contributed by atoms with E-state index in [1.807, 2.05) is 0 Å². The van der Waals surface area contributed by atoms with Crippen molar-refractivity contribution in [1.29, 1.82) is 0 Å². The molecular formula is C12H22N4O3S. The minimum Gasteiger partial charge on any atom is -0.360 e. The van der Waals surface area contributed by atoms with E-state index in [1.165, 1.54) is 4.31 Å². The molecule has 1 aliphatic rings. The molecule has 1 aromatic heterocycles. The Kier molecular flexibility index (Phi) is 4.79. The quantitative estimate of drug-likeness (QED) is 0.813. The zero-order valence-corrected chi connectivity index (χ0v) is 13.0. The highest BCUT2D eigenvalue weighted by atomic mass is 32.2. The molecule has 0 amide bonds. The topological polar surface area (TPSA) is 78.7 Å². The van der Waals surface area contributed by atoms with Gasteiger partial charge in [-0.15, -0.1) is 0 Å². The van der Waals surface area contributed by atoms with Crippen molar-refractivity contribution in [2.75, 3.05) is 46.3 Å². The van der Waals surface area contributed by atoms with E-state index in [9.17, 15) is 8.42 Å². The van der Waals surface area contributed by atoms with Crippen molar-refractivity contribution in [1.82, 2.24) is 19.7 Å². The van der Waals surface area contributed by atoms with Crippen LogP contribution in [0.1, 0.15) is 11.5 Å². The predicted octanol–water partition coefficient (Wildman–Crippen LogP) is -0.183. The lowest BCUT2D eigenvalue weighted by Gasteiger charge is -2.28. The normalized spacial score (nSPS) is 17.8. The van der Waals surface area contributed by atoms with Crippen LogP contribution in [0.3, 0.4) is 0 Å². The molecule has 2 rings (SSSR count). The third-order valence-electron chi connectivity index (χ3n) is 3.58. The smallest absolute Gasteiger partial charge is 0.248 e. The third-order valence-corrected chi connectivity index (χ3v) is 5.68. The lowest BCUT2D eigenvalue weighted by atomic mass is 10.3. The summed E-state index contributed by atoms with van der Waals surface area (Å²) >= 11 is 0. The van der Waals surface area contributed by atoms with Gasteiger partial charge in [-0.3, -0.25) is 4.90 Å². The second kappa shape index (κ2) is 6.21. The van der Waals surface area contributed by atoms with E-state index in [-0.39, 0.29) is 4.90 Å². The zero-order chi connectivity index (χ0) is 14.8. The molecule has 1 saturated heterocycles. The molecule has 0 saturated carbocycles. The summed E-state index contributed by atoms with van der Waals surface area (Å²) in [4.78, 5) is 2.45. The van der Waals surface area contributed by atoms with Crippen molar-refractivity contribution in [2.24, 2.45) is 0 Å². The third kappa shape index (κ3) is 3.20. The first kappa shape index (κ1) is 15.4. The van der Waals surface area contributed by atoms with Gasteiger partial charge in [0.15, 0.2) is 5.76 Å². The minimum absolute atomic E-state index is 0.195. The predicted molar refractivity (Wildman–Crippen MR) is 75.1 cm³/mol. The molecule has 2 heterocycles. The second-order valence-corrected chi connectivity index (χ2v) is 7.05. The van der Waals surface area contributed by atoms with Crippen LogP contribution >= 0.6 is 0 Å². The van der Waals surface area contributed by atoms with Crippen molar-refractivity contribution >= 4 is 10.0 Å². The Bertz CT molecular complexity index is 530. The molecule has 1 fully saturated rings. The van der Waals surface area contributed by atoms with Gasteiger partial charge in [0.25, 0.3) is 0 Å². The Hall–Kier alpha value is -0.960. The van der Waals surface area contributed by atoms with E-state index >= 15 is 0 Å². The van der Waals surface area contributed by atoms with Gasteiger partial charge in [0.1, 0.15) is 10.6 Å². The lowest BCUT2D eigenvalue weighted by Crippen LogP contribution is -2.46. The van der Waals surface area contributed by atoms with E-state index in [4.69, 9.17) is 4.52 Å². The number of nitrogens with one attached hydrogen (secondary N) is 1. The number of sulfonamides is 1. The summed E-state index contributed by atoms with van der Waals surface area (Å²) in [6.45, 7) is 8.30. The molecule has 114 valence electrons. The van der Waals surface area contributed by atoms with Crippen LogP contribution < -0.4 is 5.32 Å². The molecule has 0 spiro atoms. The van der Waals surface area contributed by atoms with Crippen LogP contribution in [0.25, 0.3) is 0 Å². The van der Waals surface area contributed by atoms with E-state index < -0.39 is 10.0 Å². The van der Waals surface area contributed by atoms with Gasteiger partial charge in [0.2, 0.25) is 10.0 Å². The van der Waals surface area contributed by atoms with Gasteiger partial charge in [-0.1, -0.05) is 5.16 Å². The fraction of sp³-hybridized carbons (Fsp3) is 0.750. The van der Waals surface area contributed by atoms with Crippen molar-refractivity contribution in [3.63, 3.8) is 0 Å². The molecule has 0 atom stereocenters. The summed E-state index contributed by atoms with van der Waals surface area (Å²) in [5, 5.41) is 6.99. The average molecular weight is 302 g/mol. The molecule has 0 aliphatic carbocycles. The Morgan fingerprint density at radius 1 is 1.35 bits per heavy atom. The lowest BCUT2D eigenvalue weighted by molar-refractivity contribution is 0.229. The zero-order valence-electron chi connectivity index (χ0n) is 12.2. The van der Waals surface area contributed by atoms with Crippen LogP contribution in [0.4, 0.5) is 0 Å². The number of aromatic nitrogens is 1. The Morgan fingerprint density at radius 3 is 2.55 bits per heavy atom. The Balaban J connectivity index is 2.02. The van der Waals surface area contributed by atoms with Crippen LogP contribution in [0, 0.1) is 13.8 Å². The monoisotopic (exact) mass is 302 g/mol. The van der Waals surface area contributed by atoms with Gasteiger partial charge >= 0.3 is 0 Å². The average Bonchev–Trinajstić information content (AvgIpc) is 2.77. The summed E-state index contributed by atoms with van der Waals surface area (Å²) in [6, 6.07) is 0. The van der Waals surface area contributed by atoms with Crippen LogP contribution in [0.2, 0.25) is 0 Å². The van der Waals surface area contributed by atoms with Gasteiger partial charge in [-0.05, 0) is 13.8 Å². The molecule has 1 aliphatic heterocycles. The van der Waals surface area contributed by atoms with E-state index in [0.717, 1.165) is 32.7 Å². The summed E-state index contributed by atoms with van der Waals surface area (Å²) in [5.74, 6) is 0.344. The number of aryl methyl sites for hydroxylation is 2. The molecule has 0 unspecified atom stereocenters.